The van der Waals surface area contributed by atoms with Crippen LogP contribution in [0.2, 0.25) is 0 Å². The van der Waals surface area contributed by atoms with Gasteiger partial charge in [-0.3, -0.25) is 4.79 Å². The summed E-state index contributed by atoms with van der Waals surface area (Å²) >= 11 is 0. The van der Waals surface area contributed by atoms with E-state index in [1.165, 1.54) is 38.8 Å². The van der Waals surface area contributed by atoms with E-state index in [2.05, 4.69) is 4.98 Å². The van der Waals surface area contributed by atoms with Gasteiger partial charge >= 0.3 is 5.97 Å². The predicted octanol–water partition coefficient (Wildman–Crippen LogP) is 4.10. The second-order valence-corrected chi connectivity index (χ2v) is 5.86. The van der Waals surface area contributed by atoms with Crippen molar-refractivity contribution < 1.29 is 28.2 Å². The lowest BCUT2D eigenvalue weighted by molar-refractivity contribution is -0.137. The summed E-state index contributed by atoms with van der Waals surface area (Å²) in [6.07, 6.45) is 2.50. The Bertz CT molecular complexity index is 940. The number of aliphatic carboxylic acids is 1. The number of carboxylic acids is 1. The zero-order chi connectivity index (χ0) is 19.4. The lowest BCUT2D eigenvalue weighted by Gasteiger charge is -2.15. The number of oxazole rings is 1. The molecule has 0 amide bonds. The predicted molar refractivity (Wildman–Crippen MR) is 95.5 cm³/mol. The van der Waals surface area contributed by atoms with Gasteiger partial charge in [-0.2, -0.15) is 0 Å². The summed E-state index contributed by atoms with van der Waals surface area (Å²) in [4.78, 5) is 15.3. The molecule has 0 bridgehead atoms. The number of hydrogen-bond acceptors (Lipinski definition) is 5. The number of rotatable bonds is 7. The fourth-order valence-corrected chi connectivity index (χ4v) is 2.94. The largest absolute Gasteiger partial charge is 0.497 e. The van der Waals surface area contributed by atoms with E-state index in [-0.39, 0.29) is 12.3 Å². The Kier molecular flexibility index (Phi) is 5.40. The van der Waals surface area contributed by atoms with Crippen molar-refractivity contribution in [2.45, 2.75) is 12.3 Å². The highest BCUT2D eigenvalue weighted by Gasteiger charge is 2.24. The lowest BCUT2D eigenvalue weighted by atomic mass is 9.92. The first kappa shape index (κ1) is 18.4. The summed E-state index contributed by atoms with van der Waals surface area (Å²) in [6.45, 7) is 0. The normalized spacial score (nSPS) is 11.8. The number of benzene rings is 2. The molecule has 3 aromatic rings. The van der Waals surface area contributed by atoms with Gasteiger partial charge in [0.15, 0.2) is 0 Å². The van der Waals surface area contributed by atoms with Gasteiger partial charge in [0.05, 0.1) is 32.8 Å². The molecule has 0 aliphatic heterocycles. The Morgan fingerprint density at radius 2 is 2.04 bits per heavy atom. The molecule has 1 aromatic heterocycles. The SMILES string of the molecule is COc1ccc(OC)c(-c2cc(F)cc(C(CC(=O)O)c3ncco3)c2)c1. The highest BCUT2D eigenvalue weighted by atomic mass is 19.1. The molecule has 1 heterocycles. The summed E-state index contributed by atoms with van der Waals surface area (Å²) in [7, 11) is 3.06. The molecule has 0 spiro atoms. The van der Waals surface area contributed by atoms with Gasteiger partial charge in [0.25, 0.3) is 0 Å². The molecule has 0 fully saturated rings. The van der Waals surface area contributed by atoms with Crippen LogP contribution in [0.1, 0.15) is 23.8 Å². The average Bonchev–Trinajstić information content (AvgIpc) is 3.19. The smallest absolute Gasteiger partial charge is 0.304 e. The van der Waals surface area contributed by atoms with E-state index in [1.54, 1.807) is 24.3 Å². The molecule has 0 saturated carbocycles. The van der Waals surface area contributed by atoms with Gasteiger partial charge < -0.3 is 19.0 Å². The lowest BCUT2D eigenvalue weighted by Crippen LogP contribution is -2.09. The quantitative estimate of drug-likeness (QED) is 0.673. The number of methoxy groups -OCH3 is 2. The molecular weight excluding hydrogens is 353 g/mol. The first-order valence-electron chi connectivity index (χ1n) is 8.16. The van der Waals surface area contributed by atoms with E-state index >= 15 is 0 Å². The van der Waals surface area contributed by atoms with Crippen molar-refractivity contribution in [3.8, 4) is 22.6 Å². The number of aromatic nitrogens is 1. The third-order valence-electron chi connectivity index (χ3n) is 4.17. The van der Waals surface area contributed by atoms with Crippen LogP contribution >= 0.6 is 0 Å². The van der Waals surface area contributed by atoms with Crippen LogP contribution < -0.4 is 9.47 Å². The second-order valence-electron chi connectivity index (χ2n) is 5.86. The Hall–Kier alpha value is -3.35. The van der Waals surface area contributed by atoms with Crippen molar-refractivity contribution in [2.75, 3.05) is 14.2 Å². The zero-order valence-electron chi connectivity index (χ0n) is 14.8. The van der Waals surface area contributed by atoms with Gasteiger partial charge in [-0.05, 0) is 47.5 Å². The molecular formula is C20H18FNO5. The number of halogens is 1. The topological polar surface area (TPSA) is 81.8 Å². The number of nitrogens with zero attached hydrogens (tertiary/aromatic N) is 1. The molecule has 0 radical (unpaired) electrons. The van der Waals surface area contributed by atoms with Crippen LogP contribution in [0.4, 0.5) is 4.39 Å². The summed E-state index contributed by atoms with van der Waals surface area (Å²) in [6, 6.07) is 9.54. The summed E-state index contributed by atoms with van der Waals surface area (Å²) in [5, 5.41) is 9.25. The average molecular weight is 371 g/mol. The van der Waals surface area contributed by atoms with E-state index in [9.17, 15) is 14.3 Å². The molecule has 1 N–H and O–H groups in total. The van der Waals surface area contributed by atoms with Gasteiger partial charge in [0.1, 0.15) is 23.6 Å². The van der Waals surface area contributed by atoms with Gasteiger partial charge in [0.2, 0.25) is 5.89 Å². The maximum absolute atomic E-state index is 14.4. The van der Waals surface area contributed by atoms with Crippen LogP contribution in [0.5, 0.6) is 11.5 Å². The van der Waals surface area contributed by atoms with Gasteiger partial charge in [-0.25, -0.2) is 9.37 Å². The minimum atomic E-state index is -1.04. The van der Waals surface area contributed by atoms with E-state index in [0.29, 0.717) is 28.2 Å². The van der Waals surface area contributed by atoms with E-state index < -0.39 is 17.7 Å². The molecule has 1 atom stereocenters. The Balaban J connectivity index is 2.13. The monoisotopic (exact) mass is 371 g/mol. The molecule has 6 nitrogen and oxygen atoms in total. The van der Waals surface area contributed by atoms with Crippen LogP contribution in [0, 0.1) is 5.82 Å². The van der Waals surface area contributed by atoms with Crippen LogP contribution in [-0.4, -0.2) is 30.3 Å². The molecule has 0 saturated heterocycles. The van der Waals surface area contributed by atoms with Crippen LogP contribution in [0.25, 0.3) is 11.1 Å². The Morgan fingerprint density at radius 3 is 2.67 bits per heavy atom. The van der Waals surface area contributed by atoms with Crippen molar-refractivity contribution in [2.24, 2.45) is 0 Å². The Labute approximate surface area is 155 Å². The fraction of sp³-hybridized carbons (Fsp3) is 0.200. The first-order valence-corrected chi connectivity index (χ1v) is 8.16. The Morgan fingerprint density at radius 1 is 1.22 bits per heavy atom. The van der Waals surface area contributed by atoms with Gasteiger partial charge in [-0.15, -0.1) is 0 Å². The molecule has 2 aromatic carbocycles. The van der Waals surface area contributed by atoms with Gasteiger partial charge in [0, 0.05) is 5.56 Å². The van der Waals surface area contributed by atoms with E-state index in [4.69, 9.17) is 13.9 Å². The zero-order valence-corrected chi connectivity index (χ0v) is 14.8. The minimum absolute atomic E-state index is 0.214. The first-order chi connectivity index (χ1) is 13.0. The van der Waals surface area contributed by atoms with Crippen LogP contribution in [-0.2, 0) is 4.79 Å². The molecule has 27 heavy (non-hydrogen) atoms. The number of carbonyl (C=O) groups is 1. The third-order valence-corrected chi connectivity index (χ3v) is 4.17. The second kappa shape index (κ2) is 7.90. The number of carboxylic acid groups (broad SMARTS) is 1. The number of ether oxygens (including phenoxy) is 2. The molecule has 1 unspecified atom stereocenters. The fourth-order valence-electron chi connectivity index (χ4n) is 2.94. The maximum atomic E-state index is 14.4. The van der Waals surface area contributed by atoms with Gasteiger partial charge in [-0.1, -0.05) is 0 Å². The van der Waals surface area contributed by atoms with Crippen molar-refractivity contribution in [3.05, 3.63) is 66.1 Å². The van der Waals surface area contributed by atoms with Crippen LogP contribution in [0.3, 0.4) is 0 Å². The molecule has 140 valence electrons. The maximum Gasteiger partial charge on any atom is 0.304 e. The summed E-state index contributed by atoms with van der Waals surface area (Å²) < 4.78 is 30.3. The van der Waals surface area contributed by atoms with Crippen molar-refractivity contribution in [1.29, 1.82) is 0 Å². The highest BCUT2D eigenvalue weighted by molar-refractivity contribution is 5.73. The highest BCUT2D eigenvalue weighted by Crippen LogP contribution is 2.37. The van der Waals surface area contributed by atoms with E-state index in [1.807, 2.05) is 0 Å². The summed E-state index contributed by atoms with van der Waals surface area (Å²) in [5.41, 5.74) is 1.60. The van der Waals surface area contributed by atoms with Crippen molar-refractivity contribution in [1.82, 2.24) is 4.98 Å². The molecule has 7 heteroatoms. The molecule has 3 rings (SSSR count). The molecule has 0 aliphatic rings. The number of hydrogen-bond donors (Lipinski definition) is 1. The van der Waals surface area contributed by atoms with Crippen molar-refractivity contribution in [3.63, 3.8) is 0 Å². The van der Waals surface area contributed by atoms with Crippen LogP contribution in [0.15, 0.2) is 53.3 Å². The van der Waals surface area contributed by atoms with E-state index in [0.717, 1.165) is 0 Å². The standard InChI is InChI=1S/C20H18FNO5/c1-25-15-3-4-18(26-2)16(10-15)12-7-13(9-14(21)8-12)17(11-19(23)24)20-22-5-6-27-20/h3-10,17H,11H2,1-2H3,(H,23,24). The summed E-state index contributed by atoms with van der Waals surface area (Å²) in [5.74, 6) is -0.919. The van der Waals surface area contributed by atoms with Crippen molar-refractivity contribution >= 4 is 5.97 Å². The molecule has 0 aliphatic carbocycles. The minimum Gasteiger partial charge on any atom is -0.497 e. The third kappa shape index (κ3) is 4.08.